The first-order chi connectivity index (χ1) is 9.76. The Morgan fingerprint density at radius 1 is 1.40 bits per heavy atom. The number of nitrogens with zero attached hydrogens (tertiary/aromatic N) is 1. The molecule has 1 aromatic heterocycles. The van der Waals surface area contributed by atoms with Gasteiger partial charge in [0.2, 0.25) is 0 Å². The van der Waals surface area contributed by atoms with Gasteiger partial charge in [-0.1, -0.05) is 12.8 Å². The number of aryl methyl sites for hydroxylation is 1. The van der Waals surface area contributed by atoms with E-state index in [1.165, 1.54) is 43.2 Å². The van der Waals surface area contributed by atoms with Crippen LogP contribution in [0, 0.1) is 12.3 Å². The zero-order valence-corrected chi connectivity index (χ0v) is 12.7. The zero-order chi connectivity index (χ0) is 14.0. The molecule has 0 bridgehead atoms. The van der Waals surface area contributed by atoms with Crippen molar-refractivity contribution in [1.82, 2.24) is 10.3 Å². The third-order valence-electron chi connectivity index (χ3n) is 5.37. The molecule has 2 unspecified atom stereocenters. The minimum atomic E-state index is 0.423. The summed E-state index contributed by atoms with van der Waals surface area (Å²) in [5, 5.41) is 3.78. The van der Waals surface area contributed by atoms with Crippen LogP contribution in [0.3, 0.4) is 0 Å². The Morgan fingerprint density at radius 2 is 2.20 bits per heavy atom. The molecule has 20 heavy (non-hydrogen) atoms. The Kier molecular flexibility index (Phi) is 4.08. The van der Waals surface area contributed by atoms with E-state index >= 15 is 0 Å². The second-order valence-electron chi connectivity index (χ2n) is 6.36. The van der Waals surface area contributed by atoms with Gasteiger partial charge in [0, 0.05) is 37.0 Å². The average Bonchev–Trinajstić information content (AvgIpc) is 2.96. The van der Waals surface area contributed by atoms with Gasteiger partial charge in [-0.05, 0) is 50.3 Å². The van der Waals surface area contributed by atoms with Gasteiger partial charge in [-0.25, -0.2) is 0 Å². The molecule has 1 spiro atoms. The van der Waals surface area contributed by atoms with Crippen LogP contribution in [0.5, 0.6) is 0 Å². The van der Waals surface area contributed by atoms with Gasteiger partial charge in [0.15, 0.2) is 0 Å². The maximum absolute atomic E-state index is 5.97. The van der Waals surface area contributed by atoms with E-state index in [1.54, 1.807) is 0 Å². The molecule has 3 rings (SSSR count). The van der Waals surface area contributed by atoms with Crippen LogP contribution in [0.25, 0.3) is 0 Å². The SMILES string of the molecule is CCOC1CC(NCc2cnccc2C)C12CCCC2. The molecule has 0 amide bonds. The number of aromatic nitrogens is 1. The van der Waals surface area contributed by atoms with Crippen molar-refractivity contribution in [2.24, 2.45) is 5.41 Å². The summed E-state index contributed by atoms with van der Waals surface area (Å²) in [4.78, 5) is 4.24. The molecule has 110 valence electrons. The first-order valence-electron chi connectivity index (χ1n) is 8.01. The molecule has 1 N–H and O–H groups in total. The molecular formula is C17H26N2O. The van der Waals surface area contributed by atoms with Crippen LogP contribution in [0.2, 0.25) is 0 Å². The molecule has 2 aliphatic rings. The topological polar surface area (TPSA) is 34.1 Å². The van der Waals surface area contributed by atoms with Gasteiger partial charge in [0.25, 0.3) is 0 Å². The van der Waals surface area contributed by atoms with Crippen LogP contribution >= 0.6 is 0 Å². The predicted octanol–water partition coefficient (Wildman–Crippen LogP) is 3.22. The number of nitrogens with one attached hydrogen (secondary N) is 1. The zero-order valence-electron chi connectivity index (χ0n) is 12.7. The summed E-state index contributed by atoms with van der Waals surface area (Å²) in [7, 11) is 0. The van der Waals surface area contributed by atoms with Crippen LogP contribution in [-0.4, -0.2) is 23.7 Å². The van der Waals surface area contributed by atoms with E-state index in [-0.39, 0.29) is 0 Å². The van der Waals surface area contributed by atoms with Crippen molar-refractivity contribution in [2.75, 3.05) is 6.61 Å². The number of pyridine rings is 1. The van der Waals surface area contributed by atoms with Gasteiger partial charge < -0.3 is 10.1 Å². The number of hydrogen-bond acceptors (Lipinski definition) is 3. The van der Waals surface area contributed by atoms with Gasteiger partial charge in [0.1, 0.15) is 0 Å². The Morgan fingerprint density at radius 3 is 2.90 bits per heavy atom. The third kappa shape index (κ3) is 2.38. The number of rotatable bonds is 5. The minimum absolute atomic E-state index is 0.423. The quantitative estimate of drug-likeness (QED) is 0.895. The summed E-state index contributed by atoms with van der Waals surface area (Å²) in [5.74, 6) is 0. The largest absolute Gasteiger partial charge is 0.378 e. The highest BCUT2D eigenvalue weighted by molar-refractivity contribution is 5.22. The maximum Gasteiger partial charge on any atom is 0.0661 e. The van der Waals surface area contributed by atoms with Crippen molar-refractivity contribution in [3.05, 3.63) is 29.6 Å². The van der Waals surface area contributed by atoms with Gasteiger partial charge >= 0.3 is 0 Å². The summed E-state index contributed by atoms with van der Waals surface area (Å²) in [6.45, 7) is 6.06. The fourth-order valence-corrected chi connectivity index (χ4v) is 4.09. The second kappa shape index (κ2) is 5.82. The van der Waals surface area contributed by atoms with Gasteiger partial charge in [-0.15, -0.1) is 0 Å². The standard InChI is InChI=1S/C17H26N2O/c1-3-20-16-10-15(17(16)7-4-5-8-17)19-12-14-11-18-9-6-13(14)2/h6,9,11,15-16,19H,3-5,7-8,10,12H2,1-2H3. The Balaban J connectivity index is 1.62. The van der Waals surface area contributed by atoms with Crippen molar-refractivity contribution in [3.8, 4) is 0 Å². The second-order valence-corrected chi connectivity index (χ2v) is 6.36. The van der Waals surface area contributed by atoms with Gasteiger partial charge in [-0.2, -0.15) is 0 Å². The van der Waals surface area contributed by atoms with Crippen LogP contribution in [0.1, 0.15) is 50.2 Å². The summed E-state index contributed by atoms with van der Waals surface area (Å²) in [6, 6.07) is 2.72. The molecule has 3 nitrogen and oxygen atoms in total. The van der Waals surface area contributed by atoms with Crippen molar-refractivity contribution in [3.63, 3.8) is 0 Å². The minimum Gasteiger partial charge on any atom is -0.378 e. The smallest absolute Gasteiger partial charge is 0.0661 e. The van der Waals surface area contributed by atoms with Crippen LogP contribution in [0.15, 0.2) is 18.5 Å². The molecule has 0 aliphatic heterocycles. The van der Waals surface area contributed by atoms with E-state index < -0.39 is 0 Å². The molecule has 3 heteroatoms. The van der Waals surface area contributed by atoms with Gasteiger partial charge in [0.05, 0.1) is 6.10 Å². The molecular weight excluding hydrogens is 248 g/mol. The van der Waals surface area contributed by atoms with Gasteiger partial charge in [-0.3, -0.25) is 4.98 Å². The van der Waals surface area contributed by atoms with Crippen LogP contribution in [0.4, 0.5) is 0 Å². The highest BCUT2D eigenvalue weighted by atomic mass is 16.5. The normalized spacial score (nSPS) is 27.7. The molecule has 2 atom stereocenters. The molecule has 0 saturated heterocycles. The lowest BCUT2D eigenvalue weighted by Crippen LogP contribution is -2.62. The summed E-state index contributed by atoms with van der Waals surface area (Å²) >= 11 is 0. The molecule has 2 aliphatic carbocycles. The Bertz CT molecular complexity index is 454. The molecule has 1 heterocycles. The highest BCUT2D eigenvalue weighted by Gasteiger charge is 2.56. The summed E-state index contributed by atoms with van der Waals surface area (Å²) in [5.41, 5.74) is 3.07. The molecule has 2 fully saturated rings. The van der Waals surface area contributed by atoms with Crippen LogP contribution in [-0.2, 0) is 11.3 Å². The van der Waals surface area contributed by atoms with Crippen molar-refractivity contribution in [2.45, 2.75) is 64.6 Å². The number of ether oxygens (including phenoxy) is 1. The average molecular weight is 274 g/mol. The van der Waals surface area contributed by atoms with Crippen molar-refractivity contribution >= 4 is 0 Å². The highest BCUT2D eigenvalue weighted by Crippen LogP contribution is 2.54. The van der Waals surface area contributed by atoms with Crippen LogP contribution < -0.4 is 5.32 Å². The first-order valence-corrected chi connectivity index (χ1v) is 8.01. The summed E-state index contributed by atoms with van der Waals surface area (Å²) in [6.07, 6.45) is 10.9. The lowest BCUT2D eigenvalue weighted by Gasteiger charge is -2.54. The molecule has 0 radical (unpaired) electrons. The maximum atomic E-state index is 5.97. The van der Waals surface area contributed by atoms with Crippen molar-refractivity contribution < 1.29 is 4.74 Å². The molecule has 1 aromatic rings. The van der Waals surface area contributed by atoms with E-state index in [4.69, 9.17) is 4.74 Å². The van der Waals surface area contributed by atoms with E-state index in [0.29, 0.717) is 17.6 Å². The lowest BCUT2D eigenvalue weighted by atomic mass is 9.60. The lowest BCUT2D eigenvalue weighted by molar-refractivity contribution is -0.130. The predicted molar refractivity (Wildman–Crippen MR) is 80.5 cm³/mol. The fourth-order valence-electron chi connectivity index (χ4n) is 4.09. The van der Waals surface area contributed by atoms with E-state index in [1.807, 2.05) is 12.4 Å². The molecule has 2 saturated carbocycles. The van der Waals surface area contributed by atoms with E-state index in [0.717, 1.165) is 13.2 Å². The van der Waals surface area contributed by atoms with E-state index in [9.17, 15) is 0 Å². The monoisotopic (exact) mass is 274 g/mol. The molecule has 0 aromatic carbocycles. The fraction of sp³-hybridized carbons (Fsp3) is 0.706. The summed E-state index contributed by atoms with van der Waals surface area (Å²) < 4.78 is 5.97. The first kappa shape index (κ1) is 14.0. The Labute approximate surface area is 122 Å². The van der Waals surface area contributed by atoms with E-state index in [2.05, 4.69) is 30.2 Å². The number of hydrogen-bond donors (Lipinski definition) is 1. The van der Waals surface area contributed by atoms with Crippen molar-refractivity contribution in [1.29, 1.82) is 0 Å². The Hall–Kier alpha value is -0.930. The third-order valence-corrected chi connectivity index (χ3v) is 5.37.